The Kier molecular flexibility index (Phi) is 5.91. The molecule has 0 atom stereocenters. The summed E-state index contributed by atoms with van der Waals surface area (Å²) in [5, 5.41) is 1.11. The number of sulfonamides is 1. The molecule has 0 bridgehead atoms. The van der Waals surface area contributed by atoms with E-state index in [9.17, 15) is 13.2 Å². The number of hydrogen-bond donors (Lipinski definition) is 1. The number of hydrogen-bond acceptors (Lipinski definition) is 6. The van der Waals surface area contributed by atoms with Gasteiger partial charge in [0.25, 0.3) is 15.9 Å². The quantitative estimate of drug-likeness (QED) is 0.655. The molecule has 1 aromatic heterocycles. The maximum atomic E-state index is 12.8. The van der Waals surface area contributed by atoms with Gasteiger partial charge in [0.2, 0.25) is 0 Å². The van der Waals surface area contributed by atoms with Crippen LogP contribution in [0.25, 0.3) is 10.8 Å². The van der Waals surface area contributed by atoms with Crippen LogP contribution in [0.2, 0.25) is 0 Å². The molecule has 3 aromatic rings. The lowest BCUT2D eigenvalue weighted by Crippen LogP contribution is -2.30. The van der Waals surface area contributed by atoms with Gasteiger partial charge in [-0.1, -0.05) is 24.3 Å². The van der Waals surface area contributed by atoms with Crippen molar-refractivity contribution < 1.29 is 22.7 Å². The smallest absolute Gasteiger partial charge is 0.266 e. The SMILES string of the molecule is CCOCc1ccc(C(=O)NS(=O)(=O)c2ccc(OC)c3ccccc23)cn1. The first-order valence-electron chi connectivity index (χ1n) is 8.62. The molecule has 0 radical (unpaired) electrons. The van der Waals surface area contributed by atoms with Gasteiger partial charge in [-0.25, -0.2) is 13.1 Å². The molecule has 2 aromatic carbocycles. The van der Waals surface area contributed by atoms with E-state index < -0.39 is 15.9 Å². The molecule has 1 N–H and O–H groups in total. The lowest BCUT2D eigenvalue weighted by molar-refractivity contribution is 0.0980. The van der Waals surface area contributed by atoms with Crippen molar-refractivity contribution in [3.63, 3.8) is 0 Å². The fourth-order valence-corrected chi connectivity index (χ4v) is 3.93. The van der Waals surface area contributed by atoms with Gasteiger partial charge >= 0.3 is 0 Å². The predicted molar refractivity (Wildman–Crippen MR) is 105 cm³/mol. The molecule has 0 saturated carbocycles. The normalized spacial score (nSPS) is 11.4. The third-order valence-corrected chi connectivity index (χ3v) is 5.51. The second-order valence-corrected chi connectivity index (χ2v) is 7.57. The maximum absolute atomic E-state index is 12.8. The molecule has 0 aliphatic heterocycles. The van der Waals surface area contributed by atoms with Crippen LogP contribution in [0.3, 0.4) is 0 Å². The Morgan fingerprint density at radius 3 is 2.46 bits per heavy atom. The van der Waals surface area contributed by atoms with E-state index in [-0.39, 0.29) is 10.5 Å². The van der Waals surface area contributed by atoms with Crippen molar-refractivity contribution in [2.45, 2.75) is 18.4 Å². The average molecular weight is 400 g/mol. The largest absolute Gasteiger partial charge is 0.496 e. The zero-order valence-corrected chi connectivity index (χ0v) is 16.3. The molecule has 28 heavy (non-hydrogen) atoms. The lowest BCUT2D eigenvalue weighted by Gasteiger charge is -2.12. The van der Waals surface area contributed by atoms with E-state index in [1.807, 2.05) is 6.92 Å². The first-order chi connectivity index (χ1) is 13.5. The van der Waals surface area contributed by atoms with Gasteiger partial charge in [0.05, 0.1) is 29.9 Å². The summed E-state index contributed by atoms with van der Waals surface area (Å²) >= 11 is 0. The summed E-state index contributed by atoms with van der Waals surface area (Å²) in [6.45, 7) is 2.75. The highest BCUT2D eigenvalue weighted by Gasteiger charge is 2.22. The minimum atomic E-state index is -4.09. The van der Waals surface area contributed by atoms with Crippen molar-refractivity contribution in [1.29, 1.82) is 0 Å². The molecule has 0 unspecified atom stereocenters. The number of fused-ring (bicyclic) bond motifs is 1. The van der Waals surface area contributed by atoms with Crippen molar-refractivity contribution in [3.8, 4) is 5.75 Å². The number of aromatic nitrogens is 1. The summed E-state index contributed by atoms with van der Waals surface area (Å²) < 4.78 is 38.3. The van der Waals surface area contributed by atoms with Crippen molar-refractivity contribution in [1.82, 2.24) is 9.71 Å². The number of methoxy groups -OCH3 is 1. The van der Waals surface area contributed by atoms with Crippen LogP contribution in [0, 0.1) is 0 Å². The molecule has 7 nitrogen and oxygen atoms in total. The zero-order valence-electron chi connectivity index (χ0n) is 15.5. The number of pyridine rings is 1. The summed E-state index contributed by atoms with van der Waals surface area (Å²) in [7, 11) is -2.58. The van der Waals surface area contributed by atoms with Gasteiger partial charge in [0.1, 0.15) is 5.75 Å². The topological polar surface area (TPSA) is 94.6 Å². The molecule has 1 amide bonds. The van der Waals surface area contributed by atoms with Crippen LogP contribution in [0.15, 0.2) is 59.6 Å². The predicted octanol–water partition coefficient (Wildman–Crippen LogP) is 2.90. The molecule has 1 heterocycles. The summed E-state index contributed by atoms with van der Waals surface area (Å²) in [6.07, 6.45) is 1.32. The Bertz CT molecular complexity index is 1100. The van der Waals surface area contributed by atoms with Crippen molar-refractivity contribution in [2.24, 2.45) is 0 Å². The molecule has 0 spiro atoms. The standard InChI is InChI=1S/C20H20N2O5S/c1-3-27-13-15-9-8-14(12-21-15)20(23)22-28(24,25)19-11-10-18(26-2)16-6-4-5-7-17(16)19/h4-12H,3,13H2,1-2H3,(H,22,23). The lowest BCUT2D eigenvalue weighted by atomic mass is 10.1. The number of carbonyl (C=O) groups is 1. The fraction of sp³-hybridized carbons (Fsp3) is 0.200. The van der Waals surface area contributed by atoms with Gasteiger partial charge in [-0.2, -0.15) is 0 Å². The molecule has 0 aliphatic rings. The van der Waals surface area contributed by atoms with Gasteiger partial charge < -0.3 is 9.47 Å². The Morgan fingerprint density at radius 2 is 1.82 bits per heavy atom. The summed E-state index contributed by atoms with van der Waals surface area (Å²) in [6, 6.07) is 13.1. The van der Waals surface area contributed by atoms with Crippen LogP contribution in [0.1, 0.15) is 23.0 Å². The third kappa shape index (κ3) is 4.13. The molecule has 0 saturated heterocycles. The van der Waals surface area contributed by atoms with E-state index in [2.05, 4.69) is 9.71 Å². The van der Waals surface area contributed by atoms with Crippen LogP contribution in [-0.2, 0) is 21.4 Å². The molecular weight excluding hydrogens is 380 g/mol. The maximum Gasteiger partial charge on any atom is 0.266 e. The number of benzene rings is 2. The van der Waals surface area contributed by atoms with E-state index in [1.165, 1.54) is 25.4 Å². The van der Waals surface area contributed by atoms with Gasteiger partial charge in [0, 0.05) is 23.6 Å². The van der Waals surface area contributed by atoms with Crippen LogP contribution in [0.5, 0.6) is 5.75 Å². The Balaban J connectivity index is 1.88. The summed E-state index contributed by atoms with van der Waals surface area (Å²) in [5.74, 6) is -0.203. The van der Waals surface area contributed by atoms with Gasteiger partial charge in [0.15, 0.2) is 0 Å². The van der Waals surface area contributed by atoms with Crippen molar-refractivity contribution in [2.75, 3.05) is 13.7 Å². The van der Waals surface area contributed by atoms with Gasteiger partial charge in [-0.05, 0) is 31.2 Å². The minimum Gasteiger partial charge on any atom is -0.496 e. The summed E-state index contributed by atoms with van der Waals surface area (Å²) in [5.41, 5.74) is 0.795. The van der Waals surface area contributed by atoms with E-state index >= 15 is 0 Å². The number of rotatable bonds is 7. The molecule has 0 fully saturated rings. The van der Waals surface area contributed by atoms with E-state index in [4.69, 9.17) is 9.47 Å². The average Bonchev–Trinajstić information content (AvgIpc) is 2.71. The van der Waals surface area contributed by atoms with Crippen LogP contribution >= 0.6 is 0 Å². The minimum absolute atomic E-state index is 0.00169. The number of carbonyl (C=O) groups excluding carboxylic acids is 1. The second-order valence-electron chi connectivity index (χ2n) is 5.92. The number of ether oxygens (including phenoxy) is 2. The Labute approximate surface area is 163 Å². The van der Waals surface area contributed by atoms with Crippen LogP contribution < -0.4 is 9.46 Å². The van der Waals surface area contributed by atoms with Gasteiger partial charge in [-0.15, -0.1) is 0 Å². The highest BCUT2D eigenvalue weighted by atomic mass is 32.2. The summed E-state index contributed by atoms with van der Waals surface area (Å²) in [4.78, 5) is 16.5. The second kappa shape index (κ2) is 8.37. The van der Waals surface area contributed by atoms with Gasteiger partial charge in [-0.3, -0.25) is 9.78 Å². The first kappa shape index (κ1) is 19.8. The number of amides is 1. The Morgan fingerprint density at radius 1 is 1.07 bits per heavy atom. The van der Waals surface area contributed by atoms with Crippen molar-refractivity contribution >= 4 is 26.7 Å². The van der Waals surface area contributed by atoms with E-state index in [0.29, 0.717) is 35.4 Å². The molecule has 3 rings (SSSR count). The highest BCUT2D eigenvalue weighted by Crippen LogP contribution is 2.30. The zero-order chi connectivity index (χ0) is 20.1. The molecule has 146 valence electrons. The first-order valence-corrected chi connectivity index (χ1v) is 10.1. The third-order valence-electron chi connectivity index (χ3n) is 4.12. The van der Waals surface area contributed by atoms with Crippen LogP contribution in [-0.4, -0.2) is 33.0 Å². The van der Waals surface area contributed by atoms with Crippen LogP contribution in [0.4, 0.5) is 0 Å². The van der Waals surface area contributed by atoms with E-state index in [0.717, 1.165) is 0 Å². The fourth-order valence-electron chi connectivity index (χ4n) is 2.74. The van der Waals surface area contributed by atoms with Crippen molar-refractivity contribution in [3.05, 3.63) is 66.0 Å². The van der Waals surface area contributed by atoms with E-state index in [1.54, 1.807) is 36.4 Å². The number of nitrogens with one attached hydrogen (secondary N) is 1. The molecule has 8 heteroatoms. The Hall–Kier alpha value is -2.97. The highest BCUT2D eigenvalue weighted by molar-refractivity contribution is 7.90. The molecular formula is C20H20N2O5S. The monoisotopic (exact) mass is 400 g/mol. The number of nitrogens with zero attached hydrogens (tertiary/aromatic N) is 1. The molecule has 0 aliphatic carbocycles.